The van der Waals surface area contributed by atoms with Gasteiger partial charge in [-0.3, -0.25) is 0 Å². The van der Waals surface area contributed by atoms with Crippen molar-refractivity contribution in [2.45, 2.75) is 24.8 Å². The van der Waals surface area contributed by atoms with Gasteiger partial charge in [-0.15, -0.1) is 5.10 Å². The molecule has 27 heavy (non-hydrogen) atoms. The summed E-state index contributed by atoms with van der Waals surface area (Å²) in [5.74, 6) is 0.332. The second kappa shape index (κ2) is 6.25. The molecule has 9 nitrogen and oxygen atoms in total. The Morgan fingerprint density at radius 1 is 1.19 bits per heavy atom. The van der Waals surface area contributed by atoms with Crippen LogP contribution < -0.4 is 10.5 Å². The molecule has 2 heterocycles. The number of nitrogens with two attached hydrogens (primary N) is 1. The highest BCUT2D eigenvalue weighted by molar-refractivity contribution is 7.89. The number of anilines is 2. The molecule has 0 unspecified atom stereocenters. The lowest BCUT2D eigenvalue weighted by atomic mass is 10.2. The normalized spacial score (nSPS) is 12.1. The number of hydrogen-bond acceptors (Lipinski definition) is 7. The Morgan fingerprint density at radius 2 is 2.00 bits per heavy atom. The minimum Gasteiger partial charge on any atom is -0.324 e. The zero-order valence-corrected chi connectivity index (χ0v) is 15.5. The zero-order valence-electron chi connectivity index (χ0n) is 14.7. The van der Waals surface area contributed by atoms with Gasteiger partial charge < -0.3 is 5.32 Å². The summed E-state index contributed by atoms with van der Waals surface area (Å²) in [7, 11) is -3.79. The molecule has 0 aliphatic rings. The molecule has 2 aromatic carbocycles. The smallest absolute Gasteiger partial charge is 0.238 e. The number of nitrogens with one attached hydrogen (secondary N) is 1. The van der Waals surface area contributed by atoms with Crippen molar-refractivity contribution in [1.82, 2.24) is 25.0 Å². The highest BCUT2D eigenvalue weighted by Gasteiger charge is 2.14. The minimum absolute atomic E-state index is 0.0118. The summed E-state index contributed by atoms with van der Waals surface area (Å²) in [6.07, 6.45) is 1.70. The first-order valence-electron chi connectivity index (χ1n) is 8.23. The Kier molecular flexibility index (Phi) is 4.01. The molecule has 0 fully saturated rings. The first-order chi connectivity index (χ1) is 12.8. The Hall–Kier alpha value is -3.11. The van der Waals surface area contributed by atoms with Crippen LogP contribution in [0, 0.1) is 0 Å². The fourth-order valence-corrected chi connectivity index (χ4v) is 3.38. The van der Waals surface area contributed by atoms with E-state index in [2.05, 4.69) is 25.6 Å². The molecule has 0 bridgehead atoms. The van der Waals surface area contributed by atoms with Crippen molar-refractivity contribution < 1.29 is 8.42 Å². The largest absolute Gasteiger partial charge is 0.324 e. The molecule has 0 spiro atoms. The predicted octanol–water partition coefficient (Wildman–Crippen LogP) is 2.35. The maximum absolute atomic E-state index is 11.5. The van der Waals surface area contributed by atoms with E-state index in [4.69, 9.17) is 5.14 Å². The number of primary sulfonamides is 1. The summed E-state index contributed by atoms with van der Waals surface area (Å²) in [5.41, 5.74) is 2.80. The van der Waals surface area contributed by atoms with E-state index in [0.717, 1.165) is 16.4 Å². The predicted molar refractivity (Wildman–Crippen MR) is 102 cm³/mol. The fraction of sp³-hybridized carbons (Fsp3) is 0.176. The van der Waals surface area contributed by atoms with Gasteiger partial charge in [-0.25, -0.2) is 28.2 Å². The monoisotopic (exact) mass is 383 g/mol. The summed E-state index contributed by atoms with van der Waals surface area (Å²) in [5, 5.41) is 17.5. The maximum atomic E-state index is 11.5. The molecule has 0 saturated heterocycles. The molecule has 0 amide bonds. The van der Waals surface area contributed by atoms with Gasteiger partial charge >= 0.3 is 0 Å². The summed E-state index contributed by atoms with van der Waals surface area (Å²) in [6, 6.07) is 10.1. The van der Waals surface area contributed by atoms with Crippen molar-refractivity contribution in [3.8, 4) is 0 Å². The van der Waals surface area contributed by atoms with Crippen molar-refractivity contribution in [2.75, 3.05) is 5.32 Å². The number of aromatic nitrogens is 5. The number of sulfonamides is 1. The van der Waals surface area contributed by atoms with E-state index in [1.165, 1.54) is 12.1 Å². The van der Waals surface area contributed by atoms with Gasteiger partial charge in [-0.1, -0.05) is 11.3 Å². The number of rotatable bonds is 4. The van der Waals surface area contributed by atoms with Crippen LogP contribution in [-0.2, 0) is 10.0 Å². The van der Waals surface area contributed by atoms with E-state index in [-0.39, 0.29) is 10.9 Å². The highest BCUT2D eigenvalue weighted by atomic mass is 32.2. The third-order valence-corrected chi connectivity index (χ3v) is 5.00. The Balaban J connectivity index is 1.82. The van der Waals surface area contributed by atoms with Gasteiger partial charge in [0, 0.05) is 23.3 Å². The Morgan fingerprint density at radius 3 is 2.74 bits per heavy atom. The van der Waals surface area contributed by atoms with E-state index in [9.17, 15) is 8.42 Å². The van der Waals surface area contributed by atoms with Crippen LogP contribution in [0.15, 0.2) is 47.5 Å². The first kappa shape index (κ1) is 17.3. The maximum Gasteiger partial charge on any atom is 0.238 e. The fourth-order valence-electron chi connectivity index (χ4n) is 2.82. The molecule has 138 valence electrons. The lowest BCUT2D eigenvalue weighted by Crippen LogP contribution is -2.12. The van der Waals surface area contributed by atoms with Gasteiger partial charge in [0.25, 0.3) is 0 Å². The second-order valence-corrected chi connectivity index (χ2v) is 7.95. The molecular formula is C17H17N7O2S. The van der Waals surface area contributed by atoms with Crippen LogP contribution in [0.25, 0.3) is 21.9 Å². The quantitative estimate of drug-likeness (QED) is 0.553. The molecular weight excluding hydrogens is 366 g/mol. The van der Waals surface area contributed by atoms with E-state index < -0.39 is 10.0 Å². The van der Waals surface area contributed by atoms with Gasteiger partial charge in [0.2, 0.25) is 16.0 Å². The zero-order chi connectivity index (χ0) is 19.2. The average molecular weight is 383 g/mol. The van der Waals surface area contributed by atoms with Crippen LogP contribution in [-0.4, -0.2) is 33.4 Å². The number of nitrogens with zero attached hydrogens (tertiary/aromatic N) is 5. The minimum atomic E-state index is -3.79. The SMILES string of the molecule is CC(C)n1nnc2ccc3cnc(Nc4cccc(S(N)(=O)=O)c4)nc3c21. The molecule has 0 radical (unpaired) electrons. The van der Waals surface area contributed by atoms with Gasteiger partial charge in [-0.2, -0.15) is 0 Å². The summed E-state index contributed by atoms with van der Waals surface area (Å²) in [4.78, 5) is 8.92. The van der Waals surface area contributed by atoms with Crippen LogP contribution in [0.2, 0.25) is 0 Å². The lowest BCUT2D eigenvalue weighted by molar-refractivity contribution is 0.531. The summed E-state index contributed by atoms with van der Waals surface area (Å²) in [6.45, 7) is 4.04. The van der Waals surface area contributed by atoms with Crippen molar-refractivity contribution in [1.29, 1.82) is 0 Å². The van der Waals surface area contributed by atoms with E-state index in [1.807, 2.05) is 30.7 Å². The molecule has 0 aliphatic carbocycles. The van der Waals surface area contributed by atoms with E-state index in [0.29, 0.717) is 17.2 Å². The lowest BCUT2D eigenvalue weighted by Gasteiger charge is -2.09. The molecule has 4 aromatic rings. The topological polar surface area (TPSA) is 129 Å². The second-order valence-electron chi connectivity index (χ2n) is 6.39. The highest BCUT2D eigenvalue weighted by Crippen LogP contribution is 2.26. The Bertz CT molecular complexity index is 1270. The first-order valence-corrected chi connectivity index (χ1v) is 9.78. The molecule has 3 N–H and O–H groups in total. The molecule has 0 saturated carbocycles. The van der Waals surface area contributed by atoms with E-state index >= 15 is 0 Å². The van der Waals surface area contributed by atoms with Crippen molar-refractivity contribution in [2.24, 2.45) is 5.14 Å². The van der Waals surface area contributed by atoms with Crippen molar-refractivity contribution >= 4 is 43.6 Å². The number of hydrogen-bond donors (Lipinski definition) is 2. The summed E-state index contributed by atoms with van der Waals surface area (Å²) < 4.78 is 24.9. The van der Waals surface area contributed by atoms with Crippen LogP contribution in [0.4, 0.5) is 11.6 Å². The summed E-state index contributed by atoms with van der Waals surface area (Å²) >= 11 is 0. The van der Waals surface area contributed by atoms with Crippen molar-refractivity contribution in [3.63, 3.8) is 0 Å². The van der Waals surface area contributed by atoms with E-state index in [1.54, 1.807) is 18.3 Å². The van der Waals surface area contributed by atoms with Gasteiger partial charge in [0.15, 0.2) is 0 Å². The van der Waals surface area contributed by atoms with Gasteiger partial charge in [0.05, 0.1) is 4.90 Å². The molecule has 10 heteroatoms. The van der Waals surface area contributed by atoms with Crippen molar-refractivity contribution in [3.05, 3.63) is 42.6 Å². The molecule has 2 aromatic heterocycles. The van der Waals surface area contributed by atoms with Crippen LogP contribution in [0.1, 0.15) is 19.9 Å². The Labute approximate surface area is 155 Å². The molecule has 4 rings (SSSR count). The average Bonchev–Trinajstić information content (AvgIpc) is 3.06. The van der Waals surface area contributed by atoms with Gasteiger partial charge in [-0.05, 0) is 44.2 Å². The number of benzene rings is 2. The number of fused-ring (bicyclic) bond motifs is 3. The molecule has 0 atom stereocenters. The van der Waals surface area contributed by atoms with Crippen LogP contribution >= 0.6 is 0 Å². The standard InChI is InChI=1S/C17H17N7O2S/c1-10(2)24-16-14(22-23-24)7-6-11-9-19-17(21-15(11)16)20-12-4-3-5-13(8-12)27(18,25)26/h3-10H,1-2H3,(H2,18,25,26)(H,19,20,21). The van der Waals surface area contributed by atoms with Crippen LogP contribution in [0.5, 0.6) is 0 Å². The van der Waals surface area contributed by atoms with Crippen LogP contribution in [0.3, 0.4) is 0 Å². The van der Waals surface area contributed by atoms with Gasteiger partial charge in [0.1, 0.15) is 16.6 Å². The molecule has 0 aliphatic heterocycles. The third kappa shape index (κ3) is 3.20. The third-order valence-electron chi connectivity index (χ3n) is 4.09.